The Labute approximate surface area is 113 Å². The maximum atomic E-state index is 13.3. The fraction of sp³-hybridized carbons (Fsp3) is 0.294. The molecular weight excluding hydrogens is 239 g/mol. The van der Waals surface area contributed by atoms with E-state index in [1.807, 2.05) is 12.1 Å². The average Bonchev–Trinajstić information content (AvgIpc) is 2.46. The first-order valence-electron chi connectivity index (χ1n) is 6.67. The van der Waals surface area contributed by atoms with Gasteiger partial charge in [-0.05, 0) is 66.1 Å². The Morgan fingerprint density at radius 1 is 1.11 bits per heavy atom. The van der Waals surface area contributed by atoms with Crippen LogP contribution in [0.4, 0.5) is 4.39 Å². The molecule has 3 rings (SSSR count). The maximum absolute atomic E-state index is 13.3. The molecule has 2 aromatic rings. The molecule has 2 aromatic carbocycles. The summed E-state index contributed by atoms with van der Waals surface area (Å²) in [7, 11) is 1.69. The number of ether oxygens (including phenoxy) is 1. The summed E-state index contributed by atoms with van der Waals surface area (Å²) in [6.07, 6.45) is 3.10. The van der Waals surface area contributed by atoms with Gasteiger partial charge in [0.2, 0.25) is 0 Å². The Morgan fingerprint density at radius 2 is 2.00 bits per heavy atom. The number of halogens is 1. The number of benzene rings is 2. The van der Waals surface area contributed by atoms with Crippen molar-refractivity contribution in [3.8, 4) is 5.75 Å². The smallest absolute Gasteiger partial charge is 0.123 e. The SMILES string of the molecule is COc1ccc2c(c1)CCC(c1cccc(F)c1)C2. The van der Waals surface area contributed by atoms with Gasteiger partial charge in [-0.25, -0.2) is 4.39 Å². The van der Waals surface area contributed by atoms with Gasteiger partial charge < -0.3 is 4.74 Å². The van der Waals surface area contributed by atoms with Crippen molar-refractivity contribution in [2.75, 3.05) is 7.11 Å². The third-order valence-corrected chi connectivity index (χ3v) is 3.96. The maximum Gasteiger partial charge on any atom is 0.123 e. The van der Waals surface area contributed by atoms with E-state index in [2.05, 4.69) is 12.1 Å². The van der Waals surface area contributed by atoms with Crippen molar-refractivity contribution in [1.82, 2.24) is 0 Å². The van der Waals surface area contributed by atoms with E-state index in [-0.39, 0.29) is 5.82 Å². The lowest BCUT2D eigenvalue weighted by Crippen LogP contribution is -2.13. The van der Waals surface area contributed by atoms with Crippen molar-refractivity contribution in [3.05, 3.63) is 65.0 Å². The normalized spacial score (nSPS) is 17.9. The Balaban J connectivity index is 1.86. The molecule has 1 aliphatic rings. The summed E-state index contributed by atoms with van der Waals surface area (Å²) in [4.78, 5) is 0. The van der Waals surface area contributed by atoms with Gasteiger partial charge in [0.15, 0.2) is 0 Å². The molecule has 19 heavy (non-hydrogen) atoms. The van der Waals surface area contributed by atoms with E-state index in [1.54, 1.807) is 19.2 Å². The predicted octanol–water partition coefficient (Wildman–Crippen LogP) is 4.11. The molecule has 0 heterocycles. The van der Waals surface area contributed by atoms with Crippen LogP contribution in [0.5, 0.6) is 5.75 Å². The van der Waals surface area contributed by atoms with Crippen LogP contribution >= 0.6 is 0 Å². The highest BCUT2D eigenvalue weighted by molar-refractivity contribution is 5.39. The quantitative estimate of drug-likeness (QED) is 0.785. The minimum absolute atomic E-state index is 0.141. The molecule has 2 heteroatoms. The van der Waals surface area contributed by atoms with Gasteiger partial charge in [-0.3, -0.25) is 0 Å². The van der Waals surface area contributed by atoms with Crippen LogP contribution in [-0.2, 0) is 12.8 Å². The fourth-order valence-corrected chi connectivity index (χ4v) is 2.90. The van der Waals surface area contributed by atoms with Gasteiger partial charge in [0.05, 0.1) is 7.11 Å². The Hall–Kier alpha value is -1.83. The predicted molar refractivity (Wildman–Crippen MR) is 74.2 cm³/mol. The lowest BCUT2D eigenvalue weighted by Gasteiger charge is -2.25. The molecule has 1 unspecified atom stereocenters. The van der Waals surface area contributed by atoms with Crippen molar-refractivity contribution in [1.29, 1.82) is 0 Å². The van der Waals surface area contributed by atoms with Crippen LogP contribution in [0.25, 0.3) is 0 Å². The molecule has 0 radical (unpaired) electrons. The van der Waals surface area contributed by atoms with Gasteiger partial charge >= 0.3 is 0 Å². The number of aryl methyl sites for hydroxylation is 1. The molecule has 0 fully saturated rings. The first kappa shape index (κ1) is 12.2. The molecular formula is C17H17FO. The van der Waals surface area contributed by atoms with E-state index in [9.17, 15) is 4.39 Å². The molecule has 1 nitrogen and oxygen atoms in total. The van der Waals surface area contributed by atoms with E-state index < -0.39 is 0 Å². The van der Waals surface area contributed by atoms with E-state index in [1.165, 1.54) is 17.2 Å². The van der Waals surface area contributed by atoms with Crippen LogP contribution in [0.15, 0.2) is 42.5 Å². The number of methoxy groups -OCH3 is 1. The first-order chi connectivity index (χ1) is 9.26. The van der Waals surface area contributed by atoms with Crippen LogP contribution in [0.1, 0.15) is 29.0 Å². The average molecular weight is 256 g/mol. The Kier molecular flexibility index (Phi) is 3.24. The van der Waals surface area contributed by atoms with Gasteiger partial charge in [0.25, 0.3) is 0 Å². The van der Waals surface area contributed by atoms with E-state index in [4.69, 9.17) is 4.74 Å². The highest BCUT2D eigenvalue weighted by Crippen LogP contribution is 2.34. The third-order valence-electron chi connectivity index (χ3n) is 3.96. The molecule has 0 saturated carbocycles. The zero-order valence-electron chi connectivity index (χ0n) is 11.0. The van der Waals surface area contributed by atoms with Crippen LogP contribution in [0.3, 0.4) is 0 Å². The van der Waals surface area contributed by atoms with Crippen LogP contribution < -0.4 is 4.74 Å². The summed E-state index contributed by atoms with van der Waals surface area (Å²) in [5, 5.41) is 0. The molecule has 0 N–H and O–H groups in total. The number of hydrogen-bond acceptors (Lipinski definition) is 1. The van der Waals surface area contributed by atoms with Crippen LogP contribution in [0, 0.1) is 5.82 Å². The highest BCUT2D eigenvalue weighted by Gasteiger charge is 2.20. The molecule has 1 atom stereocenters. The Morgan fingerprint density at radius 3 is 2.79 bits per heavy atom. The van der Waals surface area contributed by atoms with Gasteiger partial charge in [0, 0.05) is 0 Å². The van der Waals surface area contributed by atoms with Crippen molar-refractivity contribution < 1.29 is 9.13 Å². The lowest BCUT2D eigenvalue weighted by atomic mass is 9.80. The van der Waals surface area contributed by atoms with Crippen molar-refractivity contribution in [2.45, 2.75) is 25.2 Å². The van der Waals surface area contributed by atoms with Gasteiger partial charge in [-0.1, -0.05) is 18.2 Å². The van der Waals surface area contributed by atoms with Gasteiger partial charge in [-0.15, -0.1) is 0 Å². The van der Waals surface area contributed by atoms with Gasteiger partial charge in [-0.2, -0.15) is 0 Å². The topological polar surface area (TPSA) is 9.23 Å². The second-order valence-corrected chi connectivity index (χ2v) is 5.13. The van der Waals surface area contributed by atoms with E-state index in [0.717, 1.165) is 30.6 Å². The first-order valence-corrected chi connectivity index (χ1v) is 6.67. The Bertz CT molecular complexity index is 592. The number of rotatable bonds is 2. The van der Waals surface area contributed by atoms with Crippen molar-refractivity contribution in [3.63, 3.8) is 0 Å². The minimum Gasteiger partial charge on any atom is -0.497 e. The molecule has 0 aromatic heterocycles. The standard InChI is InChI=1S/C17H17FO/c1-19-17-8-7-14-9-13(5-6-15(14)11-17)12-3-2-4-16(18)10-12/h2-4,7-8,10-11,13H,5-6,9H2,1H3. The van der Waals surface area contributed by atoms with Crippen LogP contribution in [-0.4, -0.2) is 7.11 Å². The second-order valence-electron chi connectivity index (χ2n) is 5.13. The summed E-state index contributed by atoms with van der Waals surface area (Å²) in [5.41, 5.74) is 3.84. The zero-order valence-corrected chi connectivity index (χ0v) is 11.0. The number of fused-ring (bicyclic) bond motifs is 1. The van der Waals surface area contributed by atoms with Crippen molar-refractivity contribution >= 4 is 0 Å². The summed E-state index contributed by atoms with van der Waals surface area (Å²) < 4.78 is 18.6. The summed E-state index contributed by atoms with van der Waals surface area (Å²) >= 11 is 0. The summed E-state index contributed by atoms with van der Waals surface area (Å²) in [6.45, 7) is 0. The fourth-order valence-electron chi connectivity index (χ4n) is 2.90. The third kappa shape index (κ3) is 2.48. The molecule has 0 aliphatic heterocycles. The molecule has 0 saturated heterocycles. The minimum atomic E-state index is -0.141. The van der Waals surface area contributed by atoms with E-state index in [0.29, 0.717) is 5.92 Å². The number of hydrogen-bond donors (Lipinski definition) is 0. The summed E-state index contributed by atoms with van der Waals surface area (Å²) in [5.74, 6) is 1.21. The zero-order chi connectivity index (χ0) is 13.2. The largest absolute Gasteiger partial charge is 0.497 e. The second kappa shape index (κ2) is 5.04. The van der Waals surface area contributed by atoms with E-state index >= 15 is 0 Å². The summed E-state index contributed by atoms with van der Waals surface area (Å²) in [6, 6.07) is 13.3. The lowest BCUT2D eigenvalue weighted by molar-refractivity contribution is 0.413. The van der Waals surface area contributed by atoms with Crippen LogP contribution in [0.2, 0.25) is 0 Å². The molecule has 98 valence electrons. The van der Waals surface area contributed by atoms with Gasteiger partial charge in [0.1, 0.15) is 11.6 Å². The molecule has 0 bridgehead atoms. The molecule has 1 aliphatic carbocycles. The van der Waals surface area contributed by atoms with Crippen molar-refractivity contribution in [2.24, 2.45) is 0 Å². The molecule has 0 spiro atoms. The highest BCUT2D eigenvalue weighted by atomic mass is 19.1. The monoisotopic (exact) mass is 256 g/mol. The molecule has 0 amide bonds.